The highest BCUT2D eigenvalue weighted by molar-refractivity contribution is 5.99. The molecule has 178 valence electrons. The van der Waals surface area contributed by atoms with Gasteiger partial charge >= 0.3 is 0 Å². The van der Waals surface area contributed by atoms with Gasteiger partial charge in [-0.3, -0.25) is 4.79 Å². The lowest BCUT2D eigenvalue weighted by molar-refractivity contribution is -0.120. The highest BCUT2D eigenvalue weighted by Crippen LogP contribution is 2.38. The number of nitrogens with zero attached hydrogens (tertiary/aromatic N) is 2. The molecule has 0 radical (unpaired) electrons. The molecule has 0 spiro atoms. The van der Waals surface area contributed by atoms with E-state index in [2.05, 4.69) is 73.3 Å². The zero-order valence-electron chi connectivity index (χ0n) is 21.0. The van der Waals surface area contributed by atoms with E-state index in [-0.39, 0.29) is 11.8 Å². The molecule has 3 aromatic carbocycles. The summed E-state index contributed by atoms with van der Waals surface area (Å²) in [6.45, 7) is 4.92. The summed E-state index contributed by atoms with van der Waals surface area (Å²) < 4.78 is 5.50. The molecular weight excluding hydrogens is 420 g/mol. The molecule has 1 unspecified atom stereocenters. The number of methoxy groups -OCH3 is 1. The highest BCUT2D eigenvalue weighted by atomic mass is 16.5. The number of carbonyl (C=O) groups excluding carboxylic acids is 1. The first-order chi connectivity index (χ1) is 16.4. The zero-order chi connectivity index (χ0) is 24.2. The number of amides is 1. The first kappa shape index (κ1) is 23.9. The molecule has 0 saturated carbocycles. The largest absolute Gasteiger partial charge is 0.497 e. The number of carbonyl (C=O) groups is 1. The van der Waals surface area contributed by atoms with Gasteiger partial charge in [-0.25, -0.2) is 0 Å². The number of hydrogen-bond donors (Lipinski definition) is 0. The van der Waals surface area contributed by atoms with E-state index in [0.29, 0.717) is 12.5 Å². The number of hydrogen-bond acceptors (Lipinski definition) is 3. The Labute approximate surface area is 204 Å². The van der Waals surface area contributed by atoms with Crippen molar-refractivity contribution >= 4 is 17.3 Å². The lowest BCUT2D eigenvalue weighted by Gasteiger charge is -2.33. The number of aryl methyl sites for hydroxylation is 1. The van der Waals surface area contributed by atoms with Crippen LogP contribution in [0.5, 0.6) is 5.75 Å². The van der Waals surface area contributed by atoms with Crippen molar-refractivity contribution in [3.63, 3.8) is 0 Å². The third kappa shape index (κ3) is 4.96. The van der Waals surface area contributed by atoms with Crippen LogP contribution in [0.15, 0.2) is 66.7 Å². The minimum absolute atomic E-state index is 0.166. The third-order valence-corrected chi connectivity index (χ3v) is 6.87. The predicted octanol–water partition coefficient (Wildman–Crippen LogP) is 6.54. The Bertz CT molecular complexity index is 1130. The Kier molecular flexibility index (Phi) is 7.26. The highest BCUT2D eigenvalue weighted by Gasteiger charge is 2.32. The van der Waals surface area contributed by atoms with Crippen LogP contribution in [0, 0.1) is 0 Å². The van der Waals surface area contributed by atoms with Crippen molar-refractivity contribution in [1.29, 1.82) is 0 Å². The van der Waals surface area contributed by atoms with Gasteiger partial charge < -0.3 is 14.5 Å². The molecule has 0 bridgehead atoms. The molecule has 0 N–H and O–H groups in total. The maximum absolute atomic E-state index is 14.3. The predicted molar refractivity (Wildman–Crippen MR) is 141 cm³/mol. The second-order valence-corrected chi connectivity index (χ2v) is 9.71. The summed E-state index contributed by atoms with van der Waals surface area (Å²) in [4.78, 5) is 18.4. The van der Waals surface area contributed by atoms with Crippen molar-refractivity contribution in [2.24, 2.45) is 0 Å². The molecule has 1 atom stereocenters. The molecule has 3 aromatic rings. The summed E-state index contributed by atoms with van der Waals surface area (Å²) in [6.07, 6.45) is 2.89. The van der Waals surface area contributed by atoms with Crippen molar-refractivity contribution in [3.8, 4) is 5.75 Å². The van der Waals surface area contributed by atoms with Gasteiger partial charge in [0.25, 0.3) is 0 Å². The maximum atomic E-state index is 14.3. The average Bonchev–Trinajstić information content (AvgIpc) is 2.86. The van der Waals surface area contributed by atoms with E-state index in [1.165, 1.54) is 11.1 Å². The fraction of sp³-hybridized carbons (Fsp3) is 0.367. The van der Waals surface area contributed by atoms with Crippen LogP contribution < -0.4 is 14.5 Å². The van der Waals surface area contributed by atoms with E-state index in [1.807, 2.05) is 31.1 Å². The fourth-order valence-corrected chi connectivity index (χ4v) is 4.93. The Balaban J connectivity index is 1.75. The van der Waals surface area contributed by atoms with Crippen molar-refractivity contribution in [2.45, 2.75) is 51.5 Å². The monoisotopic (exact) mass is 456 g/mol. The molecule has 0 heterocycles. The third-order valence-electron chi connectivity index (χ3n) is 6.87. The van der Waals surface area contributed by atoms with Crippen LogP contribution >= 0.6 is 0 Å². The van der Waals surface area contributed by atoms with Gasteiger partial charge in [0.05, 0.1) is 19.6 Å². The molecule has 0 aliphatic heterocycles. The molecule has 4 nitrogen and oxygen atoms in total. The Morgan fingerprint density at radius 1 is 1.03 bits per heavy atom. The van der Waals surface area contributed by atoms with Gasteiger partial charge in [0.15, 0.2) is 0 Å². The summed E-state index contributed by atoms with van der Waals surface area (Å²) in [5.74, 6) is 1.13. The number of anilines is 2. The van der Waals surface area contributed by atoms with E-state index >= 15 is 0 Å². The van der Waals surface area contributed by atoms with Crippen molar-refractivity contribution in [3.05, 3.63) is 89.0 Å². The zero-order valence-corrected chi connectivity index (χ0v) is 21.0. The van der Waals surface area contributed by atoms with Gasteiger partial charge in [-0.1, -0.05) is 50.2 Å². The lowest BCUT2D eigenvalue weighted by atomic mass is 9.81. The topological polar surface area (TPSA) is 32.8 Å². The molecule has 1 aliphatic carbocycles. The van der Waals surface area contributed by atoms with Crippen LogP contribution in [-0.2, 0) is 17.8 Å². The minimum Gasteiger partial charge on any atom is -0.497 e. The normalized spacial score (nSPS) is 15.1. The van der Waals surface area contributed by atoms with Crippen LogP contribution in [0.1, 0.15) is 60.8 Å². The van der Waals surface area contributed by atoms with Crippen LogP contribution in [0.4, 0.5) is 11.4 Å². The van der Waals surface area contributed by atoms with E-state index in [9.17, 15) is 4.79 Å². The van der Waals surface area contributed by atoms with Gasteiger partial charge in [-0.05, 0) is 77.8 Å². The summed E-state index contributed by atoms with van der Waals surface area (Å²) in [5.41, 5.74) is 6.86. The fourth-order valence-electron chi connectivity index (χ4n) is 4.93. The van der Waals surface area contributed by atoms with Gasteiger partial charge in [-0.15, -0.1) is 0 Å². The minimum atomic E-state index is -0.167. The van der Waals surface area contributed by atoms with Crippen LogP contribution in [0.25, 0.3) is 0 Å². The second-order valence-electron chi connectivity index (χ2n) is 9.71. The molecule has 0 fully saturated rings. The molecule has 0 saturated heterocycles. The van der Waals surface area contributed by atoms with Gasteiger partial charge in [0.2, 0.25) is 5.91 Å². The summed E-state index contributed by atoms with van der Waals surface area (Å²) in [7, 11) is 5.76. The Hall–Kier alpha value is -3.27. The smallest absolute Gasteiger partial charge is 0.234 e. The number of fused-ring (bicyclic) bond motifs is 1. The van der Waals surface area contributed by atoms with Crippen molar-refractivity contribution < 1.29 is 9.53 Å². The summed E-state index contributed by atoms with van der Waals surface area (Å²) in [6, 6.07) is 23.0. The maximum Gasteiger partial charge on any atom is 0.234 e. The Morgan fingerprint density at radius 3 is 2.44 bits per heavy atom. The molecule has 4 rings (SSSR count). The summed E-state index contributed by atoms with van der Waals surface area (Å²) in [5, 5.41) is 0. The van der Waals surface area contributed by atoms with Crippen molar-refractivity contribution in [2.75, 3.05) is 31.0 Å². The van der Waals surface area contributed by atoms with E-state index in [4.69, 9.17) is 4.74 Å². The number of ether oxygens (including phenoxy) is 1. The van der Waals surface area contributed by atoms with Crippen LogP contribution in [0.2, 0.25) is 0 Å². The SMILES string of the molecule is COc1ccc2c(c1)C(C(=O)N(Cc1ccc(N(C)C)cc1)c1ccccc1C(C)C)CCC2. The molecule has 34 heavy (non-hydrogen) atoms. The van der Waals surface area contributed by atoms with E-state index in [1.54, 1.807) is 7.11 Å². The molecule has 1 amide bonds. The number of para-hydroxylation sites is 1. The molecule has 4 heteroatoms. The number of benzene rings is 3. The number of rotatable bonds is 7. The quantitative estimate of drug-likeness (QED) is 0.405. The van der Waals surface area contributed by atoms with Gasteiger partial charge in [-0.2, -0.15) is 0 Å². The van der Waals surface area contributed by atoms with Crippen molar-refractivity contribution in [1.82, 2.24) is 0 Å². The molecule has 1 aliphatic rings. The van der Waals surface area contributed by atoms with Crippen LogP contribution in [-0.4, -0.2) is 27.1 Å². The second kappa shape index (κ2) is 10.3. The van der Waals surface area contributed by atoms with Crippen LogP contribution in [0.3, 0.4) is 0 Å². The van der Waals surface area contributed by atoms with Gasteiger partial charge in [0.1, 0.15) is 5.75 Å². The first-order valence-electron chi connectivity index (χ1n) is 12.2. The van der Waals surface area contributed by atoms with E-state index in [0.717, 1.165) is 47.5 Å². The summed E-state index contributed by atoms with van der Waals surface area (Å²) >= 11 is 0. The average molecular weight is 457 g/mol. The van der Waals surface area contributed by atoms with E-state index < -0.39 is 0 Å². The standard InChI is InChI=1S/C30H36N2O2/c1-21(2)26-10-6-7-12-29(26)32(20-22-13-16-24(17-14-22)31(3)4)30(33)27-11-8-9-23-15-18-25(34-5)19-28(23)27/h6-7,10,12-19,21,27H,8-9,11,20H2,1-5H3. The first-order valence-corrected chi connectivity index (χ1v) is 12.2. The van der Waals surface area contributed by atoms with Gasteiger partial charge in [0, 0.05) is 25.5 Å². The Morgan fingerprint density at radius 2 is 1.76 bits per heavy atom. The molecular formula is C30H36N2O2. The lowest BCUT2D eigenvalue weighted by Crippen LogP contribution is -2.37. The molecule has 0 aromatic heterocycles.